The van der Waals surface area contributed by atoms with Gasteiger partial charge in [0, 0.05) is 24.0 Å². The van der Waals surface area contributed by atoms with Crippen LogP contribution < -0.4 is 5.32 Å². The highest BCUT2D eigenvalue weighted by atomic mass is 16.5. The van der Waals surface area contributed by atoms with Crippen LogP contribution in [0.25, 0.3) is 10.9 Å². The van der Waals surface area contributed by atoms with Gasteiger partial charge in [-0.3, -0.25) is 9.69 Å². The Bertz CT molecular complexity index is 988. The van der Waals surface area contributed by atoms with E-state index in [-0.39, 0.29) is 5.91 Å². The molecule has 0 atom stereocenters. The van der Waals surface area contributed by atoms with E-state index in [1.54, 1.807) is 0 Å². The van der Waals surface area contributed by atoms with Gasteiger partial charge in [0.2, 0.25) is 5.91 Å². The molecule has 5 rings (SSSR count). The smallest absolute Gasteiger partial charge is 0.228 e. The minimum atomic E-state index is 0.0587. The summed E-state index contributed by atoms with van der Waals surface area (Å²) in [7, 11) is 0. The quantitative estimate of drug-likeness (QED) is 0.727. The Morgan fingerprint density at radius 2 is 1.96 bits per heavy atom. The zero-order valence-electron chi connectivity index (χ0n) is 16.0. The lowest BCUT2D eigenvalue weighted by molar-refractivity contribution is -0.115. The number of anilines is 1. The number of nitrogens with zero attached hydrogens (tertiary/aromatic N) is 2. The Morgan fingerprint density at radius 3 is 2.79 bits per heavy atom. The van der Waals surface area contributed by atoms with E-state index in [2.05, 4.69) is 51.8 Å². The lowest BCUT2D eigenvalue weighted by Crippen LogP contribution is -2.33. The van der Waals surface area contributed by atoms with Crippen LogP contribution in [0, 0.1) is 5.92 Å². The topological polar surface area (TPSA) is 58.4 Å². The third-order valence-corrected chi connectivity index (χ3v) is 6.14. The summed E-state index contributed by atoms with van der Waals surface area (Å²) in [6.07, 6.45) is 4.99. The molecule has 1 fully saturated rings. The van der Waals surface area contributed by atoms with Gasteiger partial charge in [-0.2, -0.15) is 0 Å². The monoisotopic (exact) mass is 375 g/mol. The van der Waals surface area contributed by atoms with Gasteiger partial charge in [-0.25, -0.2) is 0 Å². The van der Waals surface area contributed by atoms with Gasteiger partial charge in [-0.1, -0.05) is 35.5 Å². The molecule has 3 heterocycles. The molecule has 144 valence electrons. The molecule has 0 unspecified atom stereocenters. The van der Waals surface area contributed by atoms with Gasteiger partial charge >= 0.3 is 0 Å². The lowest BCUT2D eigenvalue weighted by Gasteiger charge is -2.31. The van der Waals surface area contributed by atoms with Crippen molar-refractivity contribution in [1.29, 1.82) is 0 Å². The first-order valence-corrected chi connectivity index (χ1v) is 10.2. The van der Waals surface area contributed by atoms with Crippen molar-refractivity contribution in [2.75, 3.05) is 18.4 Å². The highest BCUT2D eigenvalue weighted by Crippen LogP contribution is 2.31. The second-order valence-corrected chi connectivity index (χ2v) is 8.10. The number of benzene rings is 2. The van der Waals surface area contributed by atoms with E-state index >= 15 is 0 Å². The van der Waals surface area contributed by atoms with Crippen molar-refractivity contribution in [3.8, 4) is 0 Å². The summed E-state index contributed by atoms with van der Waals surface area (Å²) in [6.45, 7) is 3.38. The van der Waals surface area contributed by atoms with Gasteiger partial charge in [0.05, 0.1) is 6.42 Å². The second kappa shape index (κ2) is 7.40. The third kappa shape index (κ3) is 3.54. The maximum Gasteiger partial charge on any atom is 0.228 e. The van der Waals surface area contributed by atoms with E-state index in [1.165, 1.54) is 18.4 Å². The molecule has 0 spiro atoms. The van der Waals surface area contributed by atoms with Crippen LogP contribution in [-0.2, 0) is 24.2 Å². The number of carbonyl (C=O) groups excluding carboxylic acids is 1. The number of amides is 1. The van der Waals surface area contributed by atoms with Crippen molar-refractivity contribution in [3.63, 3.8) is 0 Å². The average molecular weight is 375 g/mol. The van der Waals surface area contributed by atoms with Gasteiger partial charge in [0.15, 0.2) is 0 Å². The largest absolute Gasteiger partial charge is 0.360 e. The molecule has 1 saturated heterocycles. The highest BCUT2D eigenvalue weighted by Gasteiger charge is 2.23. The fraction of sp³-hybridized carbons (Fsp3) is 0.391. The Balaban J connectivity index is 1.17. The zero-order valence-corrected chi connectivity index (χ0v) is 16.0. The number of nitrogens with one attached hydrogen (secondary N) is 1. The van der Waals surface area contributed by atoms with Crippen LogP contribution in [0.15, 0.2) is 47.0 Å². The van der Waals surface area contributed by atoms with Gasteiger partial charge in [0.25, 0.3) is 0 Å². The number of likely N-dealkylation sites (tertiary alicyclic amines) is 1. The first-order valence-electron chi connectivity index (χ1n) is 10.2. The number of hydrogen-bond donors (Lipinski definition) is 1. The Kier molecular flexibility index (Phi) is 4.61. The van der Waals surface area contributed by atoms with Crippen LogP contribution in [-0.4, -0.2) is 29.1 Å². The Hall–Kier alpha value is -2.66. The van der Waals surface area contributed by atoms with Crippen LogP contribution in [0.2, 0.25) is 0 Å². The maximum atomic E-state index is 11.6. The normalized spacial score (nSPS) is 17.8. The zero-order chi connectivity index (χ0) is 18.9. The molecule has 0 radical (unpaired) electrons. The molecule has 3 aromatic rings. The minimum absolute atomic E-state index is 0.0587. The summed E-state index contributed by atoms with van der Waals surface area (Å²) in [5, 5.41) is 8.15. The number of aromatic nitrogens is 1. The predicted molar refractivity (Wildman–Crippen MR) is 109 cm³/mol. The first kappa shape index (κ1) is 17.4. The van der Waals surface area contributed by atoms with Crippen molar-refractivity contribution in [2.45, 2.75) is 38.6 Å². The molecule has 2 aliphatic heterocycles. The van der Waals surface area contributed by atoms with Crippen molar-refractivity contribution < 1.29 is 9.32 Å². The first-order chi connectivity index (χ1) is 13.7. The molecule has 0 saturated carbocycles. The van der Waals surface area contributed by atoms with Crippen molar-refractivity contribution >= 4 is 22.5 Å². The number of hydrogen-bond acceptors (Lipinski definition) is 4. The summed E-state index contributed by atoms with van der Waals surface area (Å²) in [5.74, 6) is 1.76. The van der Waals surface area contributed by atoms with Crippen LogP contribution in [0.3, 0.4) is 0 Å². The summed E-state index contributed by atoms with van der Waals surface area (Å²) < 4.78 is 5.64. The van der Waals surface area contributed by atoms with Crippen LogP contribution in [0.4, 0.5) is 5.69 Å². The van der Waals surface area contributed by atoms with E-state index in [0.29, 0.717) is 6.42 Å². The Labute approximate surface area is 164 Å². The van der Waals surface area contributed by atoms with E-state index < -0.39 is 0 Å². The van der Waals surface area contributed by atoms with E-state index in [1.807, 2.05) is 6.07 Å². The third-order valence-electron chi connectivity index (χ3n) is 6.14. The highest BCUT2D eigenvalue weighted by molar-refractivity contribution is 6.02. The van der Waals surface area contributed by atoms with Gasteiger partial charge in [-0.05, 0) is 61.5 Å². The van der Waals surface area contributed by atoms with E-state index in [0.717, 1.165) is 66.3 Å². The molecule has 0 aliphatic carbocycles. The predicted octanol–water partition coefficient (Wildman–Crippen LogP) is 4.17. The second-order valence-electron chi connectivity index (χ2n) is 8.10. The molecule has 1 amide bonds. The number of piperidine rings is 1. The number of rotatable bonds is 5. The van der Waals surface area contributed by atoms with Crippen LogP contribution in [0.1, 0.15) is 36.1 Å². The average Bonchev–Trinajstić information content (AvgIpc) is 3.27. The number of aryl methyl sites for hydroxylation is 1. The molecular formula is C23H25N3O2. The molecule has 5 nitrogen and oxygen atoms in total. The van der Waals surface area contributed by atoms with Gasteiger partial charge in [-0.15, -0.1) is 0 Å². The van der Waals surface area contributed by atoms with E-state index in [4.69, 9.17) is 4.52 Å². The SMILES string of the molecule is O=C1Cc2cc3c(CCC4CCN(Cc5ccccc5)CC4)onc3cc2N1. The maximum absolute atomic E-state index is 11.6. The molecule has 5 heteroatoms. The fourth-order valence-corrected chi connectivity index (χ4v) is 4.51. The standard InChI is InChI=1S/C23H25N3O2/c27-23-13-18-12-19-21(14-20(18)24-23)25-28-22(19)7-6-16-8-10-26(11-9-16)15-17-4-2-1-3-5-17/h1-5,12,14,16H,6-11,13,15H2,(H,24,27). The number of carbonyl (C=O) groups is 1. The van der Waals surface area contributed by atoms with Crippen molar-refractivity contribution in [2.24, 2.45) is 5.92 Å². The Morgan fingerprint density at radius 1 is 1.14 bits per heavy atom. The molecular weight excluding hydrogens is 350 g/mol. The van der Waals surface area contributed by atoms with Crippen LogP contribution in [0.5, 0.6) is 0 Å². The molecule has 1 aromatic heterocycles. The summed E-state index contributed by atoms with van der Waals surface area (Å²) in [6, 6.07) is 14.7. The molecule has 28 heavy (non-hydrogen) atoms. The number of fused-ring (bicyclic) bond motifs is 2. The summed E-state index contributed by atoms with van der Waals surface area (Å²) in [4.78, 5) is 14.2. The molecule has 1 N–H and O–H groups in total. The summed E-state index contributed by atoms with van der Waals surface area (Å²) >= 11 is 0. The summed E-state index contributed by atoms with van der Waals surface area (Å²) in [5.41, 5.74) is 4.17. The van der Waals surface area contributed by atoms with Gasteiger partial charge < -0.3 is 9.84 Å². The fourth-order valence-electron chi connectivity index (χ4n) is 4.51. The van der Waals surface area contributed by atoms with Gasteiger partial charge in [0.1, 0.15) is 11.3 Å². The molecule has 0 bridgehead atoms. The van der Waals surface area contributed by atoms with Crippen LogP contribution >= 0.6 is 0 Å². The molecule has 2 aliphatic rings. The lowest BCUT2D eigenvalue weighted by atomic mass is 9.91. The minimum Gasteiger partial charge on any atom is -0.360 e. The van der Waals surface area contributed by atoms with E-state index in [9.17, 15) is 4.79 Å². The van der Waals surface area contributed by atoms with Crippen molar-refractivity contribution in [3.05, 3.63) is 59.4 Å². The van der Waals surface area contributed by atoms with Crippen molar-refractivity contribution in [1.82, 2.24) is 10.1 Å². The molecule has 2 aromatic carbocycles.